The average molecular weight is 371 g/mol. The molecular formula is C17H27BrN2O2. The molecule has 1 amide bonds. The molecule has 0 spiro atoms. The number of benzene rings is 1. The Bertz CT molecular complexity index is 486. The number of halogens is 1. The van der Waals surface area contributed by atoms with Crippen LogP contribution in [-0.4, -0.2) is 24.3 Å². The summed E-state index contributed by atoms with van der Waals surface area (Å²) in [5.41, 5.74) is 0.768. The van der Waals surface area contributed by atoms with Gasteiger partial charge < -0.3 is 15.4 Å². The normalized spacial score (nSPS) is 14.3. The lowest BCUT2D eigenvalue weighted by Crippen LogP contribution is -2.42. The molecule has 0 fully saturated rings. The van der Waals surface area contributed by atoms with E-state index in [1.807, 2.05) is 32.9 Å². The summed E-state index contributed by atoms with van der Waals surface area (Å²) in [7, 11) is 0. The predicted molar refractivity (Wildman–Crippen MR) is 94.0 cm³/mol. The molecule has 1 rings (SSSR count). The number of nitrogens with one attached hydrogen (secondary N) is 2. The monoisotopic (exact) mass is 370 g/mol. The van der Waals surface area contributed by atoms with Crippen LogP contribution in [0.4, 0.5) is 4.79 Å². The molecule has 124 valence electrons. The largest absolute Gasteiger partial charge is 0.444 e. The highest BCUT2D eigenvalue weighted by atomic mass is 79.9. The van der Waals surface area contributed by atoms with E-state index in [0.717, 1.165) is 10.9 Å². The van der Waals surface area contributed by atoms with Crippen molar-refractivity contribution >= 4 is 22.0 Å². The van der Waals surface area contributed by atoms with Crippen molar-refractivity contribution in [2.75, 3.05) is 6.54 Å². The van der Waals surface area contributed by atoms with Gasteiger partial charge in [-0.15, -0.1) is 0 Å². The third-order valence-electron chi connectivity index (χ3n) is 3.10. The Labute approximate surface area is 142 Å². The highest BCUT2D eigenvalue weighted by Crippen LogP contribution is 2.21. The van der Waals surface area contributed by atoms with Gasteiger partial charge in [0.05, 0.1) is 0 Å². The van der Waals surface area contributed by atoms with E-state index in [-0.39, 0.29) is 18.2 Å². The number of rotatable bonds is 6. The summed E-state index contributed by atoms with van der Waals surface area (Å²) in [6.45, 7) is 10.3. The van der Waals surface area contributed by atoms with E-state index in [9.17, 15) is 4.79 Å². The van der Waals surface area contributed by atoms with E-state index in [1.54, 1.807) is 0 Å². The van der Waals surface area contributed by atoms with E-state index in [4.69, 9.17) is 4.74 Å². The van der Waals surface area contributed by atoms with Gasteiger partial charge in [0.2, 0.25) is 0 Å². The van der Waals surface area contributed by atoms with Gasteiger partial charge in [-0.3, -0.25) is 0 Å². The lowest BCUT2D eigenvalue weighted by Gasteiger charge is -2.24. The molecule has 22 heavy (non-hydrogen) atoms. The van der Waals surface area contributed by atoms with Crippen molar-refractivity contribution in [2.24, 2.45) is 0 Å². The van der Waals surface area contributed by atoms with Crippen LogP contribution in [-0.2, 0) is 4.74 Å². The standard InChI is InChI=1S/C17H27BrN2O2/c1-6-15(13-8-7-9-14(18)10-13)20-12(2)11-19-16(21)22-17(3,4)5/h7-10,12,15,20H,6,11H2,1-5H3,(H,19,21). The van der Waals surface area contributed by atoms with E-state index in [1.165, 1.54) is 5.56 Å². The number of amides is 1. The van der Waals surface area contributed by atoms with Gasteiger partial charge in [0, 0.05) is 23.1 Å². The topological polar surface area (TPSA) is 50.4 Å². The number of hydrogen-bond acceptors (Lipinski definition) is 3. The zero-order chi connectivity index (χ0) is 16.8. The maximum Gasteiger partial charge on any atom is 0.407 e. The molecule has 5 heteroatoms. The molecule has 0 aliphatic carbocycles. The van der Waals surface area contributed by atoms with Crippen molar-refractivity contribution in [3.63, 3.8) is 0 Å². The Kier molecular flexibility index (Phi) is 7.36. The van der Waals surface area contributed by atoms with Crippen molar-refractivity contribution in [3.05, 3.63) is 34.3 Å². The summed E-state index contributed by atoms with van der Waals surface area (Å²) in [4.78, 5) is 11.7. The van der Waals surface area contributed by atoms with Gasteiger partial charge in [-0.1, -0.05) is 35.0 Å². The van der Waals surface area contributed by atoms with Gasteiger partial charge in [-0.05, 0) is 51.8 Å². The van der Waals surface area contributed by atoms with Crippen LogP contribution in [0.2, 0.25) is 0 Å². The average Bonchev–Trinajstić information content (AvgIpc) is 2.40. The first-order chi connectivity index (χ1) is 10.2. The fraction of sp³-hybridized carbons (Fsp3) is 0.588. The fourth-order valence-corrected chi connectivity index (χ4v) is 2.54. The summed E-state index contributed by atoms with van der Waals surface area (Å²) in [6, 6.07) is 8.69. The van der Waals surface area contributed by atoms with Gasteiger partial charge in [0.15, 0.2) is 0 Å². The van der Waals surface area contributed by atoms with Crippen molar-refractivity contribution < 1.29 is 9.53 Å². The molecule has 2 atom stereocenters. The fourth-order valence-electron chi connectivity index (χ4n) is 2.13. The number of carbonyl (C=O) groups excluding carboxylic acids is 1. The number of carbonyl (C=O) groups is 1. The summed E-state index contributed by atoms with van der Waals surface area (Å²) in [5, 5.41) is 6.34. The Hall–Kier alpha value is -1.07. The molecule has 0 aromatic heterocycles. The molecule has 2 N–H and O–H groups in total. The van der Waals surface area contributed by atoms with E-state index < -0.39 is 5.60 Å². The quantitative estimate of drug-likeness (QED) is 0.779. The van der Waals surface area contributed by atoms with Gasteiger partial charge >= 0.3 is 6.09 Å². The highest BCUT2D eigenvalue weighted by Gasteiger charge is 2.17. The first-order valence-electron chi connectivity index (χ1n) is 7.69. The first-order valence-corrected chi connectivity index (χ1v) is 8.49. The van der Waals surface area contributed by atoms with E-state index in [2.05, 4.69) is 52.5 Å². The van der Waals surface area contributed by atoms with Crippen LogP contribution in [0.1, 0.15) is 52.6 Å². The number of ether oxygens (including phenoxy) is 1. The lowest BCUT2D eigenvalue weighted by atomic mass is 10.0. The van der Waals surface area contributed by atoms with Crippen LogP contribution in [0, 0.1) is 0 Å². The van der Waals surface area contributed by atoms with Crippen LogP contribution in [0.3, 0.4) is 0 Å². The molecule has 0 saturated heterocycles. The zero-order valence-corrected chi connectivity index (χ0v) is 15.7. The van der Waals surface area contributed by atoms with Crippen molar-refractivity contribution in [2.45, 2.75) is 58.7 Å². The van der Waals surface area contributed by atoms with Gasteiger partial charge in [0.1, 0.15) is 5.60 Å². The van der Waals surface area contributed by atoms with E-state index >= 15 is 0 Å². The van der Waals surface area contributed by atoms with Crippen LogP contribution in [0.25, 0.3) is 0 Å². The molecule has 0 aliphatic rings. The van der Waals surface area contributed by atoms with Gasteiger partial charge in [-0.25, -0.2) is 4.79 Å². The van der Waals surface area contributed by atoms with Gasteiger partial charge in [-0.2, -0.15) is 0 Å². The van der Waals surface area contributed by atoms with Crippen LogP contribution in [0.5, 0.6) is 0 Å². The minimum absolute atomic E-state index is 0.149. The second kappa shape index (κ2) is 8.53. The predicted octanol–water partition coefficient (Wildman–Crippen LogP) is 4.40. The first kappa shape index (κ1) is 19.0. The third kappa shape index (κ3) is 7.27. The Morgan fingerprint density at radius 2 is 2.05 bits per heavy atom. The molecule has 2 unspecified atom stereocenters. The maximum absolute atomic E-state index is 11.7. The minimum Gasteiger partial charge on any atom is -0.444 e. The number of alkyl carbamates (subject to hydrolysis) is 1. The third-order valence-corrected chi connectivity index (χ3v) is 3.59. The summed E-state index contributed by atoms with van der Waals surface area (Å²) >= 11 is 3.50. The van der Waals surface area contributed by atoms with Crippen molar-refractivity contribution in [1.82, 2.24) is 10.6 Å². The van der Waals surface area contributed by atoms with Crippen molar-refractivity contribution in [3.8, 4) is 0 Å². The van der Waals surface area contributed by atoms with Crippen LogP contribution >= 0.6 is 15.9 Å². The molecule has 0 aliphatic heterocycles. The Morgan fingerprint density at radius 1 is 1.36 bits per heavy atom. The second-order valence-corrected chi connectivity index (χ2v) is 7.38. The van der Waals surface area contributed by atoms with E-state index in [0.29, 0.717) is 6.54 Å². The Morgan fingerprint density at radius 3 is 2.59 bits per heavy atom. The molecule has 0 radical (unpaired) electrons. The molecule has 0 bridgehead atoms. The molecule has 1 aromatic carbocycles. The zero-order valence-electron chi connectivity index (χ0n) is 14.1. The summed E-state index contributed by atoms with van der Waals surface area (Å²) in [6.07, 6.45) is 0.601. The second-order valence-electron chi connectivity index (χ2n) is 6.47. The van der Waals surface area contributed by atoms with Crippen molar-refractivity contribution in [1.29, 1.82) is 0 Å². The van der Waals surface area contributed by atoms with Crippen LogP contribution in [0.15, 0.2) is 28.7 Å². The molecule has 1 aromatic rings. The highest BCUT2D eigenvalue weighted by molar-refractivity contribution is 9.10. The molecule has 0 heterocycles. The van der Waals surface area contributed by atoms with Gasteiger partial charge in [0.25, 0.3) is 0 Å². The smallest absolute Gasteiger partial charge is 0.407 e. The molecule has 4 nitrogen and oxygen atoms in total. The summed E-state index contributed by atoms with van der Waals surface area (Å²) < 4.78 is 6.31. The maximum atomic E-state index is 11.7. The van der Waals surface area contributed by atoms with Crippen LogP contribution < -0.4 is 10.6 Å². The SMILES string of the molecule is CCC(NC(C)CNC(=O)OC(C)(C)C)c1cccc(Br)c1. The lowest BCUT2D eigenvalue weighted by molar-refractivity contribution is 0.0522. The summed E-state index contributed by atoms with van der Waals surface area (Å²) in [5.74, 6) is 0. The minimum atomic E-state index is -0.469. The number of hydrogen-bond donors (Lipinski definition) is 2. The Balaban J connectivity index is 2.49. The molecular weight excluding hydrogens is 344 g/mol. The molecule has 0 saturated carbocycles.